The Bertz CT molecular complexity index is 584. The standard InChI is InChI=1S/C19H28FN3O2/c1-25-18-8-7-17(11-18)23-9-3-4-14(13-23)12-21-19(24)22-16-6-2-5-15(20)10-16/h2,5-6,10,14,17-18H,3-4,7-9,11-13H2,1H3,(H2,21,22,24)/t14-,17-,18+/m0/s1. The molecule has 1 saturated carbocycles. The molecule has 0 aromatic heterocycles. The van der Waals surface area contributed by atoms with Gasteiger partial charge in [0.15, 0.2) is 0 Å². The van der Waals surface area contributed by atoms with Gasteiger partial charge in [-0.25, -0.2) is 9.18 Å². The molecule has 1 saturated heterocycles. The van der Waals surface area contributed by atoms with Crippen molar-refractivity contribution < 1.29 is 13.9 Å². The number of methoxy groups -OCH3 is 1. The van der Waals surface area contributed by atoms with Crippen LogP contribution in [0, 0.1) is 11.7 Å². The number of likely N-dealkylation sites (tertiary alicyclic amines) is 1. The Kier molecular flexibility index (Phi) is 6.26. The second-order valence-electron chi connectivity index (χ2n) is 7.17. The number of amides is 2. The number of nitrogens with one attached hydrogen (secondary N) is 2. The Morgan fingerprint density at radius 3 is 3.00 bits per heavy atom. The first-order valence-corrected chi connectivity index (χ1v) is 9.21. The molecule has 2 fully saturated rings. The molecule has 1 aliphatic heterocycles. The van der Waals surface area contributed by atoms with Crippen LogP contribution in [0.25, 0.3) is 0 Å². The number of rotatable bonds is 5. The highest BCUT2D eigenvalue weighted by Crippen LogP contribution is 2.29. The lowest BCUT2D eigenvalue weighted by molar-refractivity contribution is 0.0840. The maximum atomic E-state index is 13.2. The summed E-state index contributed by atoms with van der Waals surface area (Å²) in [6.07, 6.45) is 6.19. The zero-order valence-corrected chi connectivity index (χ0v) is 14.8. The fraction of sp³-hybridized carbons (Fsp3) is 0.632. The lowest BCUT2D eigenvalue weighted by atomic mass is 9.96. The number of halogens is 1. The normalized spacial score (nSPS) is 27.2. The van der Waals surface area contributed by atoms with E-state index < -0.39 is 0 Å². The number of urea groups is 1. The van der Waals surface area contributed by atoms with Crippen LogP contribution in [0.3, 0.4) is 0 Å². The molecule has 0 radical (unpaired) electrons. The van der Waals surface area contributed by atoms with Crippen LogP contribution in [0.15, 0.2) is 24.3 Å². The molecule has 3 rings (SSSR count). The van der Waals surface area contributed by atoms with Crippen molar-refractivity contribution in [2.24, 2.45) is 5.92 Å². The van der Waals surface area contributed by atoms with Gasteiger partial charge in [-0.1, -0.05) is 6.07 Å². The number of piperidine rings is 1. The maximum absolute atomic E-state index is 13.2. The molecule has 1 heterocycles. The van der Waals surface area contributed by atoms with E-state index in [1.807, 2.05) is 0 Å². The Balaban J connectivity index is 1.42. The minimum Gasteiger partial charge on any atom is -0.381 e. The van der Waals surface area contributed by atoms with Crippen LogP contribution in [0.1, 0.15) is 32.1 Å². The van der Waals surface area contributed by atoms with Gasteiger partial charge in [-0.15, -0.1) is 0 Å². The minimum absolute atomic E-state index is 0.275. The number of benzene rings is 1. The van der Waals surface area contributed by atoms with Gasteiger partial charge in [-0.05, 0) is 62.8 Å². The molecule has 25 heavy (non-hydrogen) atoms. The van der Waals surface area contributed by atoms with Crippen LogP contribution in [-0.4, -0.2) is 49.8 Å². The third-order valence-corrected chi connectivity index (χ3v) is 5.39. The lowest BCUT2D eigenvalue weighted by Gasteiger charge is -2.37. The van der Waals surface area contributed by atoms with Crippen LogP contribution in [0.5, 0.6) is 0 Å². The molecule has 2 aliphatic rings. The molecule has 138 valence electrons. The monoisotopic (exact) mass is 349 g/mol. The Morgan fingerprint density at radius 2 is 2.24 bits per heavy atom. The zero-order chi connectivity index (χ0) is 17.6. The average molecular weight is 349 g/mol. The van der Waals surface area contributed by atoms with Crippen molar-refractivity contribution >= 4 is 11.7 Å². The number of hydrogen-bond acceptors (Lipinski definition) is 3. The molecule has 1 aliphatic carbocycles. The van der Waals surface area contributed by atoms with Gasteiger partial charge in [0, 0.05) is 31.9 Å². The maximum Gasteiger partial charge on any atom is 0.319 e. The van der Waals surface area contributed by atoms with E-state index in [4.69, 9.17) is 4.74 Å². The van der Waals surface area contributed by atoms with Crippen molar-refractivity contribution in [2.75, 3.05) is 32.1 Å². The van der Waals surface area contributed by atoms with Crippen molar-refractivity contribution in [3.63, 3.8) is 0 Å². The number of carbonyl (C=O) groups excluding carboxylic acids is 1. The summed E-state index contributed by atoms with van der Waals surface area (Å²) in [5.41, 5.74) is 0.472. The summed E-state index contributed by atoms with van der Waals surface area (Å²) in [5.74, 6) is 0.111. The summed E-state index contributed by atoms with van der Waals surface area (Å²) in [6.45, 7) is 2.83. The van der Waals surface area contributed by atoms with E-state index in [-0.39, 0.29) is 11.8 Å². The van der Waals surface area contributed by atoms with E-state index >= 15 is 0 Å². The molecule has 0 bridgehead atoms. The van der Waals surface area contributed by atoms with E-state index in [0.29, 0.717) is 30.3 Å². The van der Waals surface area contributed by atoms with E-state index in [2.05, 4.69) is 15.5 Å². The minimum atomic E-state index is -0.355. The summed E-state index contributed by atoms with van der Waals surface area (Å²) < 4.78 is 18.6. The van der Waals surface area contributed by atoms with Crippen LogP contribution < -0.4 is 10.6 Å². The first kappa shape index (κ1) is 18.1. The molecular formula is C19H28FN3O2. The van der Waals surface area contributed by atoms with Crippen LogP contribution in [-0.2, 0) is 4.74 Å². The predicted octanol–water partition coefficient (Wildman–Crippen LogP) is 3.23. The molecular weight excluding hydrogens is 321 g/mol. The smallest absolute Gasteiger partial charge is 0.319 e. The Morgan fingerprint density at radius 1 is 1.36 bits per heavy atom. The highest BCUT2D eigenvalue weighted by molar-refractivity contribution is 5.89. The molecule has 1 aromatic carbocycles. The van der Waals surface area contributed by atoms with Crippen LogP contribution >= 0.6 is 0 Å². The number of anilines is 1. The summed E-state index contributed by atoms with van der Waals surface area (Å²) in [4.78, 5) is 14.6. The van der Waals surface area contributed by atoms with Crippen molar-refractivity contribution in [3.05, 3.63) is 30.1 Å². The summed E-state index contributed by atoms with van der Waals surface area (Å²) >= 11 is 0. The highest BCUT2D eigenvalue weighted by atomic mass is 19.1. The SMILES string of the molecule is CO[C@@H]1CC[C@H](N2CCC[C@@H](CNC(=O)Nc3cccc(F)c3)C2)C1. The predicted molar refractivity (Wildman–Crippen MR) is 96.2 cm³/mol. The fourth-order valence-corrected chi connectivity index (χ4v) is 4.04. The number of nitrogens with zero attached hydrogens (tertiary/aromatic N) is 1. The first-order chi connectivity index (χ1) is 12.1. The third kappa shape index (κ3) is 5.16. The summed E-state index contributed by atoms with van der Waals surface area (Å²) in [6, 6.07) is 6.28. The molecule has 3 atom stereocenters. The molecule has 2 N–H and O–H groups in total. The summed E-state index contributed by atoms with van der Waals surface area (Å²) in [5, 5.41) is 5.61. The molecule has 1 aromatic rings. The Hall–Kier alpha value is -1.66. The summed E-state index contributed by atoms with van der Waals surface area (Å²) in [7, 11) is 1.80. The van der Waals surface area contributed by atoms with Gasteiger partial charge in [0.25, 0.3) is 0 Å². The topological polar surface area (TPSA) is 53.6 Å². The van der Waals surface area contributed by atoms with Gasteiger partial charge in [-0.2, -0.15) is 0 Å². The fourth-order valence-electron chi connectivity index (χ4n) is 4.04. The molecule has 6 heteroatoms. The van der Waals surface area contributed by atoms with E-state index in [1.165, 1.54) is 25.0 Å². The molecule has 0 unspecified atom stereocenters. The van der Waals surface area contributed by atoms with E-state index in [9.17, 15) is 9.18 Å². The number of hydrogen-bond donors (Lipinski definition) is 2. The van der Waals surface area contributed by atoms with Crippen molar-refractivity contribution in [3.8, 4) is 0 Å². The van der Waals surface area contributed by atoms with Gasteiger partial charge in [-0.3, -0.25) is 4.90 Å². The third-order valence-electron chi connectivity index (χ3n) is 5.39. The first-order valence-electron chi connectivity index (χ1n) is 9.21. The molecule has 2 amide bonds. The highest BCUT2D eigenvalue weighted by Gasteiger charge is 2.32. The average Bonchev–Trinajstić information content (AvgIpc) is 3.09. The van der Waals surface area contributed by atoms with Crippen molar-refractivity contribution in [1.29, 1.82) is 0 Å². The Labute approximate surface area is 148 Å². The second kappa shape index (κ2) is 8.63. The lowest BCUT2D eigenvalue weighted by Crippen LogP contribution is -2.45. The quantitative estimate of drug-likeness (QED) is 0.858. The van der Waals surface area contributed by atoms with E-state index in [1.54, 1.807) is 19.2 Å². The van der Waals surface area contributed by atoms with E-state index in [0.717, 1.165) is 32.4 Å². The van der Waals surface area contributed by atoms with Gasteiger partial charge in [0.05, 0.1) is 6.10 Å². The van der Waals surface area contributed by atoms with Crippen LogP contribution in [0.2, 0.25) is 0 Å². The zero-order valence-electron chi connectivity index (χ0n) is 14.8. The van der Waals surface area contributed by atoms with Crippen molar-refractivity contribution in [2.45, 2.75) is 44.2 Å². The van der Waals surface area contributed by atoms with Crippen LogP contribution in [0.4, 0.5) is 14.9 Å². The van der Waals surface area contributed by atoms with Gasteiger partial charge in [0.2, 0.25) is 0 Å². The van der Waals surface area contributed by atoms with Gasteiger partial charge in [0.1, 0.15) is 5.82 Å². The van der Waals surface area contributed by atoms with Gasteiger partial charge >= 0.3 is 6.03 Å². The number of carbonyl (C=O) groups is 1. The second-order valence-corrected chi connectivity index (χ2v) is 7.17. The molecule has 0 spiro atoms. The van der Waals surface area contributed by atoms with Crippen molar-refractivity contribution in [1.82, 2.24) is 10.2 Å². The molecule has 5 nitrogen and oxygen atoms in total. The largest absolute Gasteiger partial charge is 0.381 e. The number of ether oxygens (including phenoxy) is 1. The van der Waals surface area contributed by atoms with Gasteiger partial charge < -0.3 is 15.4 Å².